The molecule has 0 radical (unpaired) electrons. The molecule has 1 saturated heterocycles. The van der Waals surface area contributed by atoms with Gasteiger partial charge in [-0.3, -0.25) is 4.79 Å². The first-order chi connectivity index (χ1) is 7.65. The molecule has 1 aliphatic rings. The fraction of sp³-hybridized carbons (Fsp3) is 0.818. The molecular formula is C11H20N2O3. The molecule has 0 bridgehead atoms. The normalized spacial score (nSPS) is 16.5. The number of ether oxygens (including phenoxy) is 1. The van der Waals surface area contributed by atoms with E-state index in [2.05, 4.69) is 4.74 Å². The number of likely N-dealkylation sites (tertiary alicyclic amines) is 1. The second kappa shape index (κ2) is 6.35. The second-order valence-corrected chi connectivity index (χ2v) is 4.12. The van der Waals surface area contributed by atoms with Crippen LogP contribution in [0.15, 0.2) is 0 Å². The summed E-state index contributed by atoms with van der Waals surface area (Å²) in [6.45, 7) is 1.61. The molecule has 16 heavy (non-hydrogen) atoms. The number of hydrogen-bond donors (Lipinski definition) is 0. The van der Waals surface area contributed by atoms with Crippen LogP contribution in [0.5, 0.6) is 0 Å². The highest BCUT2D eigenvalue weighted by molar-refractivity contribution is 5.80. The average molecular weight is 228 g/mol. The van der Waals surface area contributed by atoms with Gasteiger partial charge in [0.1, 0.15) is 6.54 Å². The van der Waals surface area contributed by atoms with Gasteiger partial charge in [0.05, 0.1) is 7.11 Å². The molecule has 5 heteroatoms. The van der Waals surface area contributed by atoms with E-state index in [0.717, 1.165) is 25.9 Å². The molecule has 0 atom stereocenters. The summed E-state index contributed by atoms with van der Waals surface area (Å²) in [5, 5.41) is 0. The summed E-state index contributed by atoms with van der Waals surface area (Å²) < 4.78 is 4.53. The molecule has 0 aliphatic carbocycles. The van der Waals surface area contributed by atoms with Crippen molar-refractivity contribution in [2.75, 3.05) is 33.8 Å². The molecule has 1 aliphatic heterocycles. The molecule has 0 unspecified atom stereocenters. The molecule has 92 valence electrons. The minimum absolute atomic E-state index is 0.0197. The van der Waals surface area contributed by atoms with E-state index >= 15 is 0 Å². The zero-order chi connectivity index (χ0) is 12.0. The summed E-state index contributed by atoms with van der Waals surface area (Å²) in [5.74, 6) is -0.384. The highest BCUT2D eigenvalue weighted by Gasteiger charge is 2.20. The number of nitrogens with zero attached hydrogens (tertiary/aromatic N) is 2. The lowest BCUT2D eigenvalue weighted by molar-refractivity contribution is -0.141. The Labute approximate surface area is 96.3 Å². The lowest BCUT2D eigenvalue weighted by atomic mass is 10.2. The van der Waals surface area contributed by atoms with E-state index in [1.165, 1.54) is 24.9 Å². The van der Waals surface area contributed by atoms with Gasteiger partial charge in [0.2, 0.25) is 0 Å². The Morgan fingerprint density at radius 1 is 1.19 bits per heavy atom. The standard InChI is InChI=1S/C11H20N2O3/c1-12(9-10(14)16-2)11(15)13-7-5-3-4-6-8-13/h3-9H2,1-2H3. The van der Waals surface area contributed by atoms with Crippen LogP contribution in [0.4, 0.5) is 4.79 Å². The Morgan fingerprint density at radius 2 is 1.75 bits per heavy atom. The van der Waals surface area contributed by atoms with Crippen molar-refractivity contribution in [1.82, 2.24) is 9.80 Å². The molecule has 1 fully saturated rings. The fourth-order valence-electron chi connectivity index (χ4n) is 1.83. The number of likely N-dealkylation sites (N-methyl/N-ethyl adjacent to an activating group) is 1. The van der Waals surface area contributed by atoms with Crippen LogP contribution in [-0.2, 0) is 9.53 Å². The number of methoxy groups -OCH3 is 1. The molecule has 0 aromatic heterocycles. The summed E-state index contributed by atoms with van der Waals surface area (Å²) in [5.41, 5.74) is 0. The van der Waals surface area contributed by atoms with Crippen LogP contribution in [0.2, 0.25) is 0 Å². The van der Waals surface area contributed by atoms with E-state index < -0.39 is 0 Å². The molecule has 0 spiro atoms. The predicted octanol–water partition coefficient (Wildman–Crippen LogP) is 1.09. The van der Waals surface area contributed by atoms with Crippen molar-refractivity contribution in [2.45, 2.75) is 25.7 Å². The van der Waals surface area contributed by atoms with Crippen LogP contribution in [0, 0.1) is 0 Å². The van der Waals surface area contributed by atoms with E-state index in [1.807, 2.05) is 4.90 Å². The number of rotatable bonds is 2. The predicted molar refractivity (Wildman–Crippen MR) is 60.1 cm³/mol. The van der Waals surface area contributed by atoms with E-state index in [1.54, 1.807) is 7.05 Å². The third-order valence-electron chi connectivity index (χ3n) is 2.80. The number of hydrogen-bond acceptors (Lipinski definition) is 3. The van der Waals surface area contributed by atoms with Crippen LogP contribution in [0.3, 0.4) is 0 Å². The highest BCUT2D eigenvalue weighted by atomic mass is 16.5. The van der Waals surface area contributed by atoms with Gasteiger partial charge in [-0.2, -0.15) is 0 Å². The average Bonchev–Trinajstić information content (AvgIpc) is 2.56. The number of carbonyl (C=O) groups is 2. The Balaban J connectivity index is 2.44. The molecule has 0 saturated carbocycles. The maximum atomic E-state index is 11.9. The molecule has 1 rings (SSSR count). The van der Waals surface area contributed by atoms with Crippen molar-refractivity contribution in [3.8, 4) is 0 Å². The fourth-order valence-corrected chi connectivity index (χ4v) is 1.83. The highest BCUT2D eigenvalue weighted by Crippen LogP contribution is 2.11. The summed E-state index contributed by atoms with van der Waals surface area (Å²) >= 11 is 0. The second-order valence-electron chi connectivity index (χ2n) is 4.12. The van der Waals surface area contributed by atoms with Crippen LogP contribution < -0.4 is 0 Å². The minimum atomic E-state index is -0.384. The number of urea groups is 1. The van der Waals surface area contributed by atoms with Gasteiger partial charge in [-0.05, 0) is 12.8 Å². The number of carbonyl (C=O) groups excluding carboxylic acids is 2. The molecular weight excluding hydrogens is 208 g/mol. The molecule has 1 heterocycles. The van der Waals surface area contributed by atoms with Crippen LogP contribution in [0.25, 0.3) is 0 Å². The number of esters is 1. The quantitative estimate of drug-likeness (QED) is 0.665. The van der Waals surface area contributed by atoms with Crippen LogP contribution >= 0.6 is 0 Å². The first-order valence-corrected chi connectivity index (χ1v) is 5.72. The SMILES string of the molecule is COC(=O)CN(C)C(=O)N1CCCCCC1. The van der Waals surface area contributed by atoms with Gasteiger partial charge in [-0.25, -0.2) is 4.79 Å². The van der Waals surface area contributed by atoms with Gasteiger partial charge in [0, 0.05) is 20.1 Å². The zero-order valence-corrected chi connectivity index (χ0v) is 10.1. The number of amides is 2. The zero-order valence-electron chi connectivity index (χ0n) is 10.1. The van der Waals surface area contributed by atoms with E-state index in [-0.39, 0.29) is 18.5 Å². The summed E-state index contributed by atoms with van der Waals surface area (Å²) in [7, 11) is 2.96. The first-order valence-electron chi connectivity index (χ1n) is 5.72. The summed E-state index contributed by atoms with van der Waals surface area (Å²) in [6, 6.07) is -0.0766. The Bertz CT molecular complexity index is 248. The van der Waals surface area contributed by atoms with Crippen LogP contribution in [-0.4, -0.2) is 55.6 Å². The lowest BCUT2D eigenvalue weighted by Crippen LogP contribution is -2.43. The van der Waals surface area contributed by atoms with Crippen molar-refractivity contribution < 1.29 is 14.3 Å². The molecule has 2 amide bonds. The van der Waals surface area contributed by atoms with E-state index in [0.29, 0.717) is 0 Å². The minimum Gasteiger partial charge on any atom is -0.468 e. The molecule has 5 nitrogen and oxygen atoms in total. The van der Waals surface area contributed by atoms with Gasteiger partial charge in [-0.1, -0.05) is 12.8 Å². The van der Waals surface area contributed by atoms with Crippen molar-refractivity contribution in [1.29, 1.82) is 0 Å². The van der Waals surface area contributed by atoms with E-state index in [9.17, 15) is 9.59 Å². The van der Waals surface area contributed by atoms with Gasteiger partial charge in [0.25, 0.3) is 0 Å². The van der Waals surface area contributed by atoms with Gasteiger partial charge in [0.15, 0.2) is 0 Å². The summed E-state index contributed by atoms with van der Waals surface area (Å²) in [6.07, 6.45) is 4.48. The molecule has 0 aromatic carbocycles. The van der Waals surface area contributed by atoms with Crippen LogP contribution in [0.1, 0.15) is 25.7 Å². The monoisotopic (exact) mass is 228 g/mol. The van der Waals surface area contributed by atoms with Crippen molar-refractivity contribution in [2.24, 2.45) is 0 Å². The summed E-state index contributed by atoms with van der Waals surface area (Å²) in [4.78, 5) is 26.2. The molecule has 0 N–H and O–H groups in total. The first kappa shape index (κ1) is 12.8. The van der Waals surface area contributed by atoms with Gasteiger partial charge >= 0.3 is 12.0 Å². The third-order valence-corrected chi connectivity index (χ3v) is 2.80. The smallest absolute Gasteiger partial charge is 0.325 e. The topological polar surface area (TPSA) is 49.9 Å². The lowest BCUT2D eigenvalue weighted by Gasteiger charge is -2.26. The maximum absolute atomic E-state index is 11.9. The Kier molecular flexibility index (Phi) is 5.08. The maximum Gasteiger partial charge on any atom is 0.325 e. The van der Waals surface area contributed by atoms with Gasteiger partial charge in [-0.15, -0.1) is 0 Å². The van der Waals surface area contributed by atoms with Crippen molar-refractivity contribution in [3.63, 3.8) is 0 Å². The third kappa shape index (κ3) is 3.72. The Morgan fingerprint density at radius 3 is 2.25 bits per heavy atom. The van der Waals surface area contributed by atoms with Crippen molar-refractivity contribution in [3.05, 3.63) is 0 Å². The van der Waals surface area contributed by atoms with Crippen molar-refractivity contribution >= 4 is 12.0 Å². The Hall–Kier alpha value is -1.26. The largest absolute Gasteiger partial charge is 0.468 e. The van der Waals surface area contributed by atoms with E-state index in [4.69, 9.17) is 0 Å². The van der Waals surface area contributed by atoms with Gasteiger partial charge < -0.3 is 14.5 Å². The molecule has 0 aromatic rings.